The first-order valence-electron chi connectivity index (χ1n) is 15.3. The molecule has 0 bridgehead atoms. The molecule has 0 unspecified atom stereocenters. The highest BCUT2D eigenvalue weighted by Gasteiger charge is 2.40. The summed E-state index contributed by atoms with van der Waals surface area (Å²) >= 11 is 0. The molecule has 0 aromatic heterocycles. The van der Waals surface area contributed by atoms with Crippen LogP contribution in [0.4, 0.5) is 0 Å². The zero-order valence-electron chi connectivity index (χ0n) is 27.1. The van der Waals surface area contributed by atoms with Crippen molar-refractivity contribution in [1.29, 1.82) is 0 Å². The minimum Gasteiger partial charge on any atom is -0.507 e. The third-order valence-electron chi connectivity index (χ3n) is 9.11. The summed E-state index contributed by atoms with van der Waals surface area (Å²) < 4.78 is 34.4. The van der Waals surface area contributed by atoms with E-state index in [1.54, 1.807) is 43.3 Å². The lowest BCUT2D eigenvalue weighted by Crippen LogP contribution is -2.32. The molecular weight excluding hydrogens is 624 g/mol. The number of aliphatic hydroxyl groups is 2. The van der Waals surface area contributed by atoms with Gasteiger partial charge in [-0.1, -0.05) is 19.1 Å². The van der Waals surface area contributed by atoms with E-state index in [-0.39, 0.29) is 69.6 Å². The summed E-state index contributed by atoms with van der Waals surface area (Å²) in [5, 5.41) is 66.6. The largest absolute Gasteiger partial charge is 0.507 e. The molecule has 0 fully saturated rings. The third kappa shape index (κ3) is 5.46. The van der Waals surface area contributed by atoms with E-state index in [0.29, 0.717) is 34.1 Å². The van der Waals surface area contributed by atoms with Gasteiger partial charge in [-0.3, -0.25) is 0 Å². The van der Waals surface area contributed by atoms with Crippen LogP contribution in [0.15, 0.2) is 48.5 Å². The zero-order valence-corrected chi connectivity index (χ0v) is 27.1. The Bertz CT molecular complexity index is 1720. The molecule has 2 heterocycles. The fourth-order valence-corrected chi connectivity index (χ4v) is 6.71. The van der Waals surface area contributed by atoms with E-state index in [9.17, 15) is 30.6 Å². The fraction of sp³-hybridized carbons (Fsp3) is 0.333. The summed E-state index contributed by atoms with van der Waals surface area (Å²) in [6.07, 6.45) is -4.01. The Morgan fingerprint density at radius 3 is 1.29 bits per heavy atom. The van der Waals surface area contributed by atoms with Crippen molar-refractivity contribution in [3.8, 4) is 57.5 Å². The molecule has 2 aliphatic heterocycles. The van der Waals surface area contributed by atoms with E-state index in [4.69, 9.17) is 28.4 Å². The van der Waals surface area contributed by atoms with Gasteiger partial charge in [-0.05, 0) is 35.4 Å². The molecule has 0 saturated heterocycles. The smallest absolute Gasteiger partial charge is 0.161 e. The van der Waals surface area contributed by atoms with Gasteiger partial charge in [0.1, 0.15) is 46.7 Å². The quantitative estimate of drug-likeness (QED) is 0.153. The number of hydrogen-bond acceptors (Lipinski definition) is 12. The molecule has 0 saturated carbocycles. The molecule has 12 heteroatoms. The average Bonchev–Trinajstić information content (AvgIpc) is 3.07. The number of aliphatic hydroxyl groups excluding tert-OH is 2. The van der Waals surface area contributed by atoms with E-state index in [2.05, 4.69) is 0 Å². The second kappa shape index (κ2) is 12.8. The van der Waals surface area contributed by atoms with Gasteiger partial charge in [-0.15, -0.1) is 0 Å². The van der Waals surface area contributed by atoms with Gasteiger partial charge in [0.25, 0.3) is 0 Å². The van der Waals surface area contributed by atoms with Crippen molar-refractivity contribution in [3.05, 3.63) is 81.9 Å². The van der Waals surface area contributed by atoms with Gasteiger partial charge >= 0.3 is 0 Å². The van der Waals surface area contributed by atoms with Crippen LogP contribution in [0.1, 0.15) is 58.4 Å². The Labute approximate surface area is 276 Å². The van der Waals surface area contributed by atoms with E-state index in [1.165, 1.54) is 40.6 Å². The van der Waals surface area contributed by atoms with Crippen molar-refractivity contribution in [2.24, 2.45) is 0 Å². The van der Waals surface area contributed by atoms with E-state index < -0.39 is 30.3 Å². The van der Waals surface area contributed by atoms with Crippen molar-refractivity contribution < 1.29 is 59.1 Å². The number of fused-ring (bicyclic) bond motifs is 2. The van der Waals surface area contributed by atoms with Gasteiger partial charge < -0.3 is 59.1 Å². The lowest BCUT2D eigenvalue weighted by Gasteiger charge is -2.36. The first-order valence-corrected chi connectivity index (χ1v) is 15.3. The maximum absolute atomic E-state index is 11.3. The summed E-state index contributed by atoms with van der Waals surface area (Å²) in [7, 11) is 6.01. The molecule has 2 aliphatic rings. The van der Waals surface area contributed by atoms with Gasteiger partial charge in [0.2, 0.25) is 0 Å². The predicted octanol–water partition coefficient (Wildman–Crippen LogP) is 4.77. The molecule has 48 heavy (non-hydrogen) atoms. The molecule has 0 aliphatic carbocycles. The predicted molar refractivity (Wildman–Crippen MR) is 172 cm³/mol. The van der Waals surface area contributed by atoms with Crippen molar-refractivity contribution >= 4 is 0 Å². The van der Waals surface area contributed by atoms with Gasteiger partial charge in [0.05, 0.1) is 40.6 Å². The van der Waals surface area contributed by atoms with Gasteiger partial charge in [0.15, 0.2) is 23.0 Å². The molecule has 0 spiro atoms. The molecular formula is C36H38O12. The van der Waals surface area contributed by atoms with Crippen LogP contribution in [-0.2, 0) is 12.8 Å². The highest BCUT2D eigenvalue weighted by atomic mass is 16.5. The van der Waals surface area contributed by atoms with Gasteiger partial charge in [0, 0.05) is 53.1 Å². The molecule has 0 radical (unpaired) electrons. The molecule has 254 valence electrons. The molecule has 4 aromatic rings. The summed E-state index contributed by atoms with van der Waals surface area (Å²) in [4.78, 5) is 0. The Hall–Kier alpha value is -5.20. The highest BCUT2D eigenvalue weighted by molar-refractivity contribution is 5.66. The Morgan fingerprint density at radius 1 is 0.562 bits per heavy atom. The first kappa shape index (κ1) is 32.7. The second-order valence-corrected chi connectivity index (χ2v) is 11.8. The standard InChI is InChI=1S/C36H38O12/c1-16(31-23(39)14-21(37)19-12-25(41)33(47-35(19)31)17-6-8-27(43-2)29(10-17)45-4)32-24(40)15-22(38)20-13-26(42)34(48-36(20)32)18-7-9-28(44-3)30(11-18)46-5/h6-11,14-16,25-26,33-34,37-42H,12-13H2,1-5H3/t25-,26-,33-,34-/m1/s1. The third-order valence-corrected chi connectivity index (χ3v) is 9.11. The van der Waals surface area contributed by atoms with Crippen LogP contribution in [0.3, 0.4) is 0 Å². The van der Waals surface area contributed by atoms with E-state index in [0.717, 1.165) is 0 Å². The number of aromatic hydroxyl groups is 4. The maximum atomic E-state index is 11.3. The van der Waals surface area contributed by atoms with Crippen LogP contribution in [-0.4, -0.2) is 71.3 Å². The summed E-state index contributed by atoms with van der Waals surface area (Å²) in [6, 6.07) is 12.5. The second-order valence-electron chi connectivity index (χ2n) is 11.8. The fourth-order valence-electron chi connectivity index (χ4n) is 6.71. The Morgan fingerprint density at radius 2 is 0.938 bits per heavy atom. The molecule has 6 N–H and O–H groups in total. The van der Waals surface area contributed by atoms with Crippen LogP contribution >= 0.6 is 0 Å². The summed E-state index contributed by atoms with van der Waals surface area (Å²) in [5.74, 6) is 0.0290. The number of methoxy groups -OCH3 is 4. The van der Waals surface area contributed by atoms with Gasteiger partial charge in [-0.25, -0.2) is 0 Å². The molecule has 6 rings (SSSR count). The molecule has 0 amide bonds. The van der Waals surface area contributed by atoms with Crippen molar-refractivity contribution in [2.75, 3.05) is 28.4 Å². The topological polar surface area (TPSA) is 177 Å². The molecule has 12 nitrogen and oxygen atoms in total. The molecule has 4 aromatic carbocycles. The first-order chi connectivity index (χ1) is 23.0. The minimum absolute atomic E-state index is 0.0100. The normalized spacial score (nSPS) is 19.8. The van der Waals surface area contributed by atoms with Crippen LogP contribution in [0.25, 0.3) is 0 Å². The monoisotopic (exact) mass is 662 g/mol. The zero-order chi connectivity index (χ0) is 34.4. The lowest BCUT2D eigenvalue weighted by molar-refractivity contribution is 0.0177. The number of phenolic OH excluding ortho intramolecular Hbond substituents is 4. The lowest BCUT2D eigenvalue weighted by atomic mass is 9.83. The average molecular weight is 663 g/mol. The summed E-state index contributed by atoms with van der Waals surface area (Å²) in [6.45, 7) is 1.71. The van der Waals surface area contributed by atoms with Crippen LogP contribution in [0.2, 0.25) is 0 Å². The number of hydrogen-bond donors (Lipinski definition) is 6. The minimum atomic E-state index is -1.07. The molecule has 4 atom stereocenters. The number of benzene rings is 4. The van der Waals surface area contributed by atoms with Crippen LogP contribution < -0.4 is 28.4 Å². The Kier molecular flexibility index (Phi) is 8.71. The van der Waals surface area contributed by atoms with Crippen molar-refractivity contribution in [2.45, 2.75) is 50.1 Å². The van der Waals surface area contributed by atoms with Crippen molar-refractivity contribution in [3.63, 3.8) is 0 Å². The van der Waals surface area contributed by atoms with E-state index >= 15 is 0 Å². The van der Waals surface area contributed by atoms with Crippen LogP contribution in [0.5, 0.6) is 57.5 Å². The Balaban J connectivity index is 1.45. The number of rotatable bonds is 8. The van der Waals surface area contributed by atoms with Crippen LogP contribution in [0, 0.1) is 0 Å². The SMILES string of the molecule is COc1ccc([C@H]2Oc3c(c(O)cc(O)c3C(C)c3c(O)cc(O)c4c3O[C@H](c3ccc(OC)c(OC)c3)[C@H](O)C4)C[C@H]2O)cc1OC. The van der Waals surface area contributed by atoms with Crippen molar-refractivity contribution in [1.82, 2.24) is 0 Å². The number of phenols is 4. The maximum Gasteiger partial charge on any atom is 0.161 e. The highest BCUT2D eigenvalue weighted by Crippen LogP contribution is 2.55. The van der Waals surface area contributed by atoms with Gasteiger partial charge in [-0.2, -0.15) is 0 Å². The van der Waals surface area contributed by atoms with E-state index in [1.807, 2.05) is 0 Å². The summed E-state index contributed by atoms with van der Waals surface area (Å²) in [5.41, 5.74) is 2.08. The number of ether oxygens (including phenoxy) is 6.